The number of hydrogen-bond donors (Lipinski definition) is 1. The number of nitrogens with zero attached hydrogens (tertiary/aromatic N) is 1. The quantitative estimate of drug-likeness (QED) is 0.751. The fourth-order valence-electron chi connectivity index (χ4n) is 2.72. The van der Waals surface area contributed by atoms with Crippen molar-refractivity contribution in [1.29, 1.82) is 0 Å². The van der Waals surface area contributed by atoms with Gasteiger partial charge in [0.1, 0.15) is 0 Å². The Kier molecular flexibility index (Phi) is 2.93. The van der Waals surface area contributed by atoms with Gasteiger partial charge in [-0.05, 0) is 19.3 Å². The van der Waals surface area contributed by atoms with Crippen molar-refractivity contribution in [2.24, 2.45) is 5.92 Å². The van der Waals surface area contributed by atoms with Crippen LogP contribution in [0.1, 0.15) is 39.0 Å². The van der Waals surface area contributed by atoms with Crippen LogP contribution in [0.15, 0.2) is 0 Å². The molecule has 2 atom stereocenters. The van der Waals surface area contributed by atoms with Gasteiger partial charge in [-0.25, -0.2) is 4.79 Å². The highest BCUT2D eigenvalue weighted by atomic mass is 16.2. The van der Waals surface area contributed by atoms with Crippen molar-refractivity contribution in [2.75, 3.05) is 6.54 Å². The van der Waals surface area contributed by atoms with E-state index in [9.17, 15) is 9.59 Å². The van der Waals surface area contributed by atoms with Gasteiger partial charge in [-0.3, -0.25) is 10.1 Å². The van der Waals surface area contributed by atoms with Crippen molar-refractivity contribution in [3.05, 3.63) is 0 Å². The van der Waals surface area contributed by atoms with E-state index in [1.807, 2.05) is 4.90 Å². The first-order chi connectivity index (χ1) is 7.24. The molecule has 4 heteroatoms. The summed E-state index contributed by atoms with van der Waals surface area (Å²) in [5.74, 6) is -0.0138. The minimum Gasteiger partial charge on any atom is -0.321 e. The molecule has 0 aromatic carbocycles. The van der Waals surface area contributed by atoms with Crippen LogP contribution in [-0.2, 0) is 4.79 Å². The van der Waals surface area contributed by atoms with Crippen molar-refractivity contribution in [3.8, 4) is 0 Å². The van der Waals surface area contributed by atoms with E-state index in [4.69, 9.17) is 0 Å². The standard InChI is InChI=1S/C11H18N2O2/c1-2-7-13-9-6-4-3-5-8(9)10(14)12-11(13)15/h8-9H,2-7H2,1H3,(H,12,14,15). The van der Waals surface area contributed by atoms with Gasteiger partial charge in [0.05, 0.1) is 5.92 Å². The summed E-state index contributed by atoms with van der Waals surface area (Å²) in [7, 11) is 0. The zero-order valence-electron chi connectivity index (χ0n) is 9.16. The summed E-state index contributed by atoms with van der Waals surface area (Å²) in [6.07, 6.45) is 5.13. The molecule has 0 bridgehead atoms. The summed E-state index contributed by atoms with van der Waals surface area (Å²) in [5.41, 5.74) is 0. The Labute approximate surface area is 90.0 Å². The lowest BCUT2D eigenvalue weighted by Crippen LogP contribution is -2.61. The number of imide groups is 1. The fraction of sp³-hybridized carbons (Fsp3) is 0.818. The highest BCUT2D eigenvalue weighted by molar-refractivity contribution is 5.98. The van der Waals surface area contributed by atoms with E-state index in [0.717, 1.165) is 38.6 Å². The largest absolute Gasteiger partial charge is 0.324 e. The normalized spacial score (nSPS) is 31.1. The number of rotatable bonds is 2. The number of urea groups is 1. The number of carbonyl (C=O) groups is 2. The lowest BCUT2D eigenvalue weighted by molar-refractivity contribution is -0.129. The lowest BCUT2D eigenvalue weighted by Gasteiger charge is -2.42. The minimum atomic E-state index is -0.190. The molecule has 84 valence electrons. The number of nitrogens with one attached hydrogen (secondary N) is 1. The Balaban J connectivity index is 2.15. The smallest absolute Gasteiger partial charge is 0.321 e. The van der Waals surface area contributed by atoms with Gasteiger partial charge in [0.25, 0.3) is 0 Å². The van der Waals surface area contributed by atoms with Gasteiger partial charge in [-0.1, -0.05) is 19.8 Å². The lowest BCUT2D eigenvalue weighted by atomic mass is 9.81. The van der Waals surface area contributed by atoms with Gasteiger partial charge in [-0.2, -0.15) is 0 Å². The molecule has 1 saturated heterocycles. The molecule has 1 N–H and O–H groups in total. The van der Waals surface area contributed by atoms with Crippen LogP contribution in [0.2, 0.25) is 0 Å². The molecule has 2 rings (SSSR count). The first-order valence-electron chi connectivity index (χ1n) is 5.85. The Morgan fingerprint density at radius 1 is 1.33 bits per heavy atom. The van der Waals surface area contributed by atoms with E-state index in [2.05, 4.69) is 12.2 Å². The highest BCUT2D eigenvalue weighted by Gasteiger charge is 2.41. The first-order valence-corrected chi connectivity index (χ1v) is 5.85. The van der Waals surface area contributed by atoms with Crippen molar-refractivity contribution in [3.63, 3.8) is 0 Å². The third-order valence-corrected chi connectivity index (χ3v) is 3.42. The Bertz CT molecular complexity index is 278. The summed E-state index contributed by atoms with van der Waals surface area (Å²) in [5, 5.41) is 2.46. The molecule has 1 aliphatic heterocycles. The van der Waals surface area contributed by atoms with E-state index < -0.39 is 0 Å². The summed E-state index contributed by atoms with van der Waals surface area (Å²) in [4.78, 5) is 25.1. The molecule has 0 aromatic rings. The average Bonchev–Trinajstić information content (AvgIpc) is 2.24. The van der Waals surface area contributed by atoms with E-state index in [1.165, 1.54) is 0 Å². The van der Waals surface area contributed by atoms with Crippen molar-refractivity contribution >= 4 is 11.9 Å². The molecule has 1 heterocycles. The summed E-state index contributed by atoms with van der Waals surface area (Å²) in [6, 6.07) is -0.0232. The second-order valence-corrected chi connectivity index (χ2v) is 4.45. The Morgan fingerprint density at radius 3 is 2.80 bits per heavy atom. The minimum absolute atomic E-state index is 0.0444. The van der Waals surface area contributed by atoms with Gasteiger partial charge in [0, 0.05) is 12.6 Å². The molecule has 0 spiro atoms. The van der Waals surface area contributed by atoms with Crippen LogP contribution in [0.25, 0.3) is 0 Å². The van der Waals surface area contributed by atoms with Crippen LogP contribution in [-0.4, -0.2) is 29.4 Å². The summed E-state index contributed by atoms with van der Waals surface area (Å²) < 4.78 is 0. The van der Waals surface area contributed by atoms with Crippen LogP contribution in [0.5, 0.6) is 0 Å². The van der Waals surface area contributed by atoms with Crippen LogP contribution in [0.3, 0.4) is 0 Å². The number of carbonyl (C=O) groups excluding carboxylic acids is 2. The molecule has 0 aromatic heterocycles. The van der Waals surface area contributed by atoms with Gasteiger partial charge in [0.2, 0.25) is 5.91 Å². The molecule has 2 aliphatic rings. The second-order valence-electron chi connectivity index (χ2n) is 4.45. The summed E-state index contributed by atoms with van der Waals surface area (Å²) in [6.45, 7) is 2.82. The van der Waals surface area contributed by atoms with Crippen LogP contribution >= 0.6 is 0 Å². The van der Waals surface area contributed by atoms with Crippen LogP contribution in [0.4, 0.5) is 4.79 Å². The maximum Gasteiger partial charge on any atom is 0.324 e. The van der Waals surface area contributed by atoms with E-state index in [1.54, 1.807) is 0 Å². The molecule has 0 radical (unpaired) electrons. The van der Waals surface area contributed by atoms with Crippen LogP contribution in [0, 0.1) is 5.92 Å². The molecule has 15 heavy (non-hydrogen) atoms. The monoisotopic (exact) mass is 210 g/mol. The maximum absolute atomic E-state index is 11.6. The number of amides is 3. The fourth-order valence-corrected chi connectivity index (χ4v) is 2.72. The molecule has 2 fully saturated rings. The highest BCUT2D eigenvalue weighted by Crippen LogP contribution is 2.31. The van der Waals surface area contributed by atoms with Crippen molar-refractivity contribution in [1.82, 2.24) is 10.2 Å². The van der Waals surface area contributed by atoms with Gasteiger partial charge >= 0.3 is 6.03 Å². The maximum atomic E-state index is 11.6. The molecule has 2 unspecified atom stereocenters. The number of hydrogen-bond acceptors (Lipinski definition) is 2. The first kappa shape index (κ1) is 10.5. The van der Waals surface area contributed by atoms with Gasteiger partial charge in [0.15, 0.2) is 0 Å². The van der Waals surface area contributed by atoms with E-state index in [-0.39, 0.29) is 23.9 Å². The van der Waals surface area contributed by atoms with E-state index >= 15 is 0 Å². The number of fused-ring (bicyclic) bond motifs is 1. The van der Waals surface area contributed by atoms with E-state index in [0.29, 0.717) is 0 Å². The van der Waals surface area contributed by atoms with Gasteiger partial charge in [-0.15, -0.1) is 0 Å². The second kappa shape index (κ2) is 4.21. The zero-order valence-corrected chi connectivity index (χ0v) is 9.16. The Morgan fingerprint density at radius 2 is 2.07 bits per heavy atom. The van der Waals surface area contributed by atoms with Crippen molar-refractivity contribution < 1.29 is 9.59 Å². The molecular weight excluding hydrogens is 192 g/mol. The molecular formula is C11H18N2O2. The van der Waals surface area contributed by atoms with Gasteiger partial charge < -0.3 is 4.90 Å². The van der Waals surface area contributed by atoms with Crippen LogP contribution < -0.4 is 5.32 Å². The SMILES string of the molecule is CCCN1C(=O)NC(=O)C2CCCCC21. The molecule has 3 amide bonds. The Hall–Kier alpha value is -1.06. The molecule has 4 nitrogen and oxygen atoms in total. The molecule has 1 saturated carbocycles. The topological polar surface area (TPSA) is 49.4 Å². The zero-order chi connectivity index (χ0) is 10.8. The predicted molar refractivity (Wildman–Crippen MR) is 56.3 cm³/mol. The average molecular weight is 210 g/mol. The van der Waals surface area contributed by atoms with Crippen molar-refractivity contribution in [2.45, 2.75) is 45.1 Å². The third-order valence-electron chi connectivity index (χ3n) is 3.42. The predicted octanol–water partition coefficient (Wildman–Crippen LogP) is 1.51. The molecule has 1 aliphatic carbocycles. The summed E-state index contributed by atoms with van der Waals surface area (Å²) >= 11 is 0. The third kappa shape index (κ3) is 1.85.